The molecule has 1 aromatic carbocycles. The number of nitrogens with two attached hydrogens (primary N) is 1. The number of nitrogens with one attached hydrogen (secondary N) is 2. The monoisotopic (exact) mass is 411 g/mol. The molecular formula is C23H29N3O4. The van der Waals surface area contributed by atoms with Crippen molar-refractivity contribution in [2.75, 3.05) is 6.61 Å². The molecule has 7 nitrogen and oxygen atoms in total. The summed E-state index contributed by atoms with van der Waals surface area (Å²) in [4.78, 5) is 38.6. The van der Waals surface area contributed by atoms with Crippen molar-refractivity contribution < 1.29 is 19.5 Å². The van der Waals surface area contributed by atoms with Crippen LogP contribution >= 0.6 is 0 Å². The predicted octanol–water partition coefficient (Wildman–Crippen LogP) is 1.12. The Morgan fingerprint density at radius 3 is 2.40 bits per heavy atom. The summed E-state index contributed by atoms with van der Waals surface area (Å²) in [5, 5.41) is 15.9. The molecule has 0 fully saturated rings. The van der Waals surface area contributed by atoms with Crippen LogP contribution in [0.5, 0.6) is 0 Å². The molecule has 160 valence electrons. The summed E-state index contributed by atoms with van der Waals surface area (Å²) in [7, 11) is 0. The molecule has 2 aliphatic heterocycles. The first kappa shape index (κ1) is 21.8. The maximum Gasteiger partial charge on any atom is 0.222 e. The lowest BCUT2D eigenvalue weighted by molar-refractivity contribution is -0.126. The fourth-order valence-electron chi connectivity index (χ4n) is 4.51. The van der Waals surface area contributed by atoms with Gasteiger partial charge in [-0.25, -0.2) is 0 Å². The number of amides is 1. The van der Waals surface area contributed by atoms with Crippen molar-refractivity contribution in [3.63, 3.8) is 0 Å². The van der Waals surface area contributed by atoms with Crippen LogP contribution < -0.4 is 16.4 Å². The Kier molecular flexibility index (Phi) is 6.12. The summed E-state index contributed by atoms with van der Waals surface area (Å²) in [5.41, 5.74) is 4.51. The Morgan fingerprint density at radius 2 is 1.80 bits per heavy atom. The molecule has 30 heavy (non-hydrogen) atoms. The molecule has 2 unspecified atom stereocenters. The minimum Gasteiger partial charge on any atom is -0.396 e. The Labute approximate surface area is 176 Å². The summed E-state index contributed by atoms with van der Waals surface area (Å²) in [6, 6.07) is 9.42. The van der Waals surface area contributed by atoms with E-state index >= 15 is 0 Å². The first-order chi connectivity index (χ1) is 14.2. The smallest absolute Gasteiger partial charge is 0.222 e. The van der Waals surface area contributed by atoms with Gasteiger partial charge in [0, 0.05) is 43.0 Å². The topological polar surface area (TPSA) is 122 Å². The fraction of sp³-hybridized carbons (Fsp3) is 0.435. The number of carbonyl (C=O) groups is 3. The average molecular weight is 412 g/mol. The number of hydrogen-bond acceptors (Lipinski definition) is 6. The molecular weight excluding hydrogens is 382 g/mol. The van der Waals surface area contributed by atoms with E-state index in [9.17, 15) is 19.5 Å². The van der Waals surface area contributed by atoms with Gasteiger partial charge >= 0.3 is 0 Å². The van der Waals surface area contributed by atoms with Crippen LogP contribution in [0.25, 0.3) is 0 Å². The number of Topliss-reactive ketones (excluding diaryl/α,β-unsaturated/α-hetero) is 2. The van der Waals surface area contributed by atoms with Crippen LogP contribution in [0, 0.1) is 5.92 Å². The third-order valence-corrected chi connectivity index (χ3v) is 5.78. The zero-order valence-corrected chi connectivity index (χ0v) is 17.4. The molecule has 0 saturated carbocycles. The highest BCUT2D eigenvalue weighted by atomic mass is 16.3. The lowest BCUT2D eigenvalue weighted by atomic mass is 9.73. The van der Waals surface area contributed by atoms with Gasteiger partial charge in [-0.05, 0) is 17.9 Å². The van der Waals surface area contributed by atoms with Gasteiger partial charge in [-0.15, -0.1) is 0 Å². The van der Waals surface area contributed by atoms with Gasteiger partial charge in [0.2, 0.25) is 5.91 Å². The Balaban J connectivity index is 2.01. The zero-order valence-electron chi connectivity index (χ0n) is 17.4. The van der Waals surface area contributed by atoms with Gasteiger partial charge in [0.25, 0.3) is 0 Å². The summed E-state index contributed by atoms with van der Waals surface area (Å²) >= 11 is 0. The number of rotatable bonds is 9. The van der Waals surface area contributed by atoms with E-state index in [1.807, 2.05) is 44.2 Å². The van der Waals surface area contributed by atoms with E-state index in [0.717, 1.165) is 5.56 Å². The van der Waals surface area contributed by atoms with E-state index in [2.05, 4.69) is 10.6 Å². The van der Waals surface area contributed by atoms with Crippen molar-refractivity contribution in [1.29, 1.82) is 0 Å². The zero-order chi connectivity index (χ0) is 21.9. The number of primary amides is 1. The Morgan fingerprint density at radius 1 is 1.10 bits per heavy atom. The van der Waals surface area contributed by atoms with E-state index in [1.54, 1.807) is 6.20 Å². The van der Waals surface area contributed by atoms with Gasteiger partial charge in [0.1, 0.15) is 11.1 Å². The maximum absolute atomic E-state index is 13.7. The summed E-state index contributed by atoms with van der Waals surface area (Å²) < 4.78 is 0. The van der Waals surface area contributed by atoms with E-state index in [-0.39, 0.29) is 48.9 Å². The molecule has 3 rings (SSSR count). The van der Waals surface area contributed by atoms with E-state index < -0.39 is 17.0 Å². The SMILES string of the molecule is CC(C)CC1(CCO)NC=C(C2(Cc3ccccc3)NC=C(CC(N)=O)C2=O)C1=O. The molecule has 1 amide bonds. The van der Waals surface area contributed by atoms with E-state index in [1.165, 1.54) is 6.20 Å². The maximum atomic E-state index is 13.7. The van der Waals surface area contributed by atoms with E-state index in [0.29, 0.717) is 12.0 Å². The minimum atomic E-state index is -1.32. The molecule has 0 radical (unpaired) electrons. The molecule has 0 bridgehead atoms. The van der Waals surface area contributed by atoms with Crippen molar-refractivity contribution >= 4 is 17.5 Å². The van der Waals surface area contributed by atoms with Crippen LogP contribution in [0.4, 0.5) is 0 Å². The molecule has 0 saturated heterocycles. The number of aliphatic hydroxyl groups excluding tert-OH is 1. The predicted molar refractivity (Wildman–Crippen MR) is 113 cm³/mol. The standard InChI is InChI=1S/C23H29N3O4/c1-15(2)11-22(8-9-27)21(30)18(14-25-22)23(12-16-6-4-3-5-7-16)20(29)17(13-26-23)10-19(24)28/h3-7,13-15,25-27H,8-12H2,1-2H3,(H2,24,28). The van der Waals surface area contributed by atoms with Crippen molar-refractivity contribution in [2.24, 2.45) is 11.7 Å². The molecule has 5 N–H and O–H groups in total. The summed E-state index contributed by atoms with van der Waals surface area (Å²) in [6.45, 7) is 3.87. The van der Waals surface area contributed by atoms with Crippen LogP contribution in [-0.2, 0) is 20.8 Å². The average Bonchev–Trinajstić information content (AvgIpc) is 3.15. The first-order valence-electron chi connectivity index (χ1n) is 10.2. The highest BCUT2D eigenvalue weighted by molar-refractivity contribution is 6.18. The van der Waals surface area contributed by atoms with Crippen molar-refractivity contribution in [3.8, 4) is 0 Å². The fourth-order valence-corrected chi connectivity index (χ4v) is 4.51. The number of hydrogen-bond donors (Lipinski definition) is 4. The number of carbonyl (C=O) groups excluding carboxylic acids is 3. The Bertz CT molecular complexity index is 906. The van der Waals surface area contributed by atoms with Crippen molar-refractivity contribution in [1.82, 2.24) is 10.6 Å². The van der Waals surface area contributed by atoms with Crippen molar-refractivity contribution in [3.05, 3.63) is 59.4 Å². The third kappa shape index (κ3) is 3.89. The van der Waals surface area contributed by atoms with Crippen LogP contribution in [0.3, 0.4) is 0 Å². The third-order valence-electron chi connectivity index (χ3n) is 5.78. The summed E-state index contributed by atoms with van der Waals surface area (Å²) in [5.74, 6) is -0.917. The molecule has 7 heteroatoms. The van der Waals surface area contributed by atoms with Gasteiger partial charge in [-0.3, -0.25) is 14.4 Å². The molecule has 2 heterocycles. The normalized spacial score (nSPS) is 25.7. The summed E-state index contributed by atoms with van der Waals surface area (Å²) in [6.07, 6.45) is 3.95. The molecule has 1 aromatic rings. The minimum absolute atomic E-state index is 0.148. The van der Waals surface area contributed by atoms with Crippen molar-refractivity contribution in [2.45, 2.75) is 50.6 Å². The molecule has 2 aliphatic rings. The van der Waals surface area contributed by atoms with Gasteiger partial charge in [0.15, 0.2) is 11.6 Å². The number of benzene rings is 1. The quantitative estimate of drug-likeness (QED) is 0.483. The lowest BCUT2D eigenvalue weighted by Gasteiger charge is -2.34. The molecule has 2 atom stereocenters. The highest BCUT2D eigenvalue weighted by Crippen LogP contribution is 2.39. The number of ketones is 2. The second kappa shape index (κ2) is 8.44. The van der Waals surface area contributed by atoms with Crippen LogP contribution in [0.15, 0.2) is 53.9 Å². The highest BCUT2D eigenvalue weighted by Gasteiger charge is 2.55. The second-order valence-corrected chi connectivity index (χ2v) is 8.54. The lowest BCUT2D eigenvalue weighted by Crippen LogP contribution is -2.55. The van der Waals surface area contributed by atoms with Crippen LogP contribution in [-0.4, -0.2) is 40.3 Å². The largest absolute Gasteiger partial charge is 0.396 e. The van der Waals surface area contributed by atoms with E-state index in [4.69, 9.17) is 5.73 Å². The second-order valence-electron chi connectivity index (χ2n) is 8.54. The Hall–Kier alpha value is -2.93. The molecule has 0 spiro atoms. The van der Waals surface area contributed by atoms with Gasteiger partial charge in [0.05, 0.1) is 6.42 Å². The van der Waals surface area contributed by atoms with Gasteiger partial charge in [-0.1, -0.05) is 44.2 Å². The van der Waals surface area contributed by atoms with Crippen LogP contribution in [0.2, 0.25) is 0 Å². The van der Waals surface area contributed by atoms with Gasteiger partial charge < -0.3 is 21.5 Å². The van der Waals surface area contributed by atoms with Gasteiger partial charge in [-0.2, -0.15) is 0 Å². The first-order valence-corrected chi connectivity index (χ1v) is 10.2. The molecule has 0 aliphatic carbocycles. The van der Waals surface area contributed by atoms with Crippen LogP contribution in [0.1, 0.15) is 38.7 Å². The molecule has 0 aromatic heterocycles. The number of aliphatic hydroxyl groups is 1.